The van der Waals surface area contributed by atoms with Crippen LogP contribution in [-0.4, -0.2) is 26.0 Å². The molecule has 1 aliphatic heterocycles. The van der Waals surface area contributed by atoms with E-state index in [9.17, 15) is 9.59 Å². The van der Waals surface area contributed by atoms with Gasteiger partial charge in [0.15, 0.2) is 11.5 Å². The minimum atomic E-state index is -0.752. The van der Waals surface area contributed by atoms with Crippen molar-refractivity contribution in [1.82, 2.24) is 16.2 Å². The Kier molecular flexibility index (Phi) is 3.91. The summed E-state index contributed by atoms with van der Waals surface area (Å²) in [5.41, 5.74) is 5.01. The van der Waals surface area contributed by atoms with E-state index in [-0.39, 0.29) is 13.3 Å². The second kappa shape index (κ2) is 5.80. The van der Waals surface area contributed by atoms with Crippen molar-refractivity contribution in [3.8, 4) is 11.5 Å². The molecule has 0 radical (unpaired) electrons. The van der Waals surface area contributed by atoms with Gasteiger partial charge in [-0.3, -0.25) is 0 Å². The number of nitrogens with one attached hydrogen (secondary N) is 3. The van der Waals surface area contributed by atoms with Crippen LogP contribution in [0.2, 0.25) is 0 Å². The molecule has 1 aliphatic rings. The SMILES string of the molecule is COC(=O)NNC(=O)NCc1ccc2c(c1)OCO2. The second-order valence-electron chi connectivity index (χ2n) is 3.61. The molecule has 3 N–H and O–H groups in total. The summed E-state index contributed by atoms with van der Waals surface area (Å²) < 4.78 is 14.7. The highest BCUT2D eigenvalue weighted by Crippen LogP contribution is 2.32. The Morgan fingerprint density at radius 2 is 2.05 bits per heavy atom. The third-order valence-electron chi connectivity index (χ3n) is 2.35. The van der Waals surface area contributed by atoms with Crippen molar-refractivity contribution in [1.29, 1.82) is 0 Å². The van der Waals surface area contributed by atoms with E-state index in [1.54, 1.807) is 12.1 Å². The highest BCUT2D eigenvalue weighted by atomic mass is 16.7. The predicted molar refractivity (Wildman–Crippen MR) is 63.5 cm³/mol. The van der Waals surface area contributed by atoms with Crippen LogP contribution in [0.5, 0.6) is 11.5 Å². The van der Waals surface area contributed by atoms with Gasteiger partial charge in [-0.05, 0) is 17.7 Å². The number of carbonyl (C=O) groups excluding carboxylic acids is 2. The van der Waals surface area contributed by atoms with E-state index in [1.807, 2.05) is 11.5 Å². The van der Waals surface area contributed by atoms with Crippen molar-refractivity contribution in [2.24, 2.45) is 0 Å². The fourth-order valence-electron chi connectivity index (χ4n) is 1.44. The number of ether oxygens (including phenoxy) is 3. The second-order valence-corrected chi connectivity index (χ2v) is 3.61. The molecular formula is C11H13N3O5. The molecule has 102 valence electrons. The summed E-state index contributed by atoms with van der Waals surface area (Å²) in [6.07, 6.45) is -0.752. The van der Waals surface area contributed by atoms with Gasteiger partial charge < -0.3 is 19.5 Å². The van der Waals surface area contributed by atoms with Crippen LogP contribution in [0, 0.1) is 0 Å². The van der Waals surface area contributed by atoms with Crippen LogP contribution in [0.4, 0.5) is 9.59 Å². The third-order valence-corrected chi connectivity index (χ3v) is 2.35. The van der Waals surface area contributed by atoms with Gasteiger partial charge in [-0.15, -0.1) is 0 Å². The van der Waals surface area contributed by atoms with Crippen LogP contribution in [0.25, 0.3) is 0 Å². The van der Waals surface area contributed by atoms with Crippen molar-refractivity contribution in [3.63, 3.8) is 0 Å². The van der Waals surface area contributed by atoms with Crippen LogP contribution in [0.3, 0.4) is 0 Å². The standard InChI is InChI=1S/C11H13N3O5/c1-17-11(16)14-13-10(15)12-5-7-2-3-8-9(4-7)19-6-18-8/h2-4H,5-6H2,1H3,(H,14,16)(H2,12,13,15). The number of rotatable bonds is 2. The summed E-state index contributed by atoms with van der Waals surface area (Å²) in [6, 6.07) is 4.80. The molecule has 0 aromatic heterocycles. The number of carbonyl (C=O) groups is 2. The first-order valence-electron chi connectivity index (χ1n) is 5.45. The number of hydrogen-bond acceptors (Lipinski definition) is 5. The maximum Gasteiger partial charge on any atom is 0.425 e. The molecule has 0 fully saturated rings. The van der Waals surface area contributed by atoms with Gasteiger partial charge in [0.1, 0.15) is 0 Å². The third kappa shape index (κ3) is 3.41. The lowest BCUT2D eigenvalue weighted by atomic mass is 10.2. The average Bonchev–Trinajstić information content (AvgIpc) is 2.89. The van der Waals surface area contributed by atoms with Crippen LogP contribution in [-0.2, 0) is 11.3 Å². The summed E-state index contributed by atoms with van der Waals surface area (Å²) in [5.74, 6) is 1.33. The van der Waals surface area contributed by atoms with Gasteiger partial charge in [0.25, 0.3) is 0 Å². The van der Waals surface area contributed by atoms with Crippen LogP contribution in [0.15, 0.2) is 18.2 Å². The lowest BCUT2D eigenvalue weighted by Gasteiger charge is -2.08. The van der Waals surface area contributed by atoms with Gasteiger partial charge in [-0.2, -0.15) is 0 Å². The first-order valence-corrected chi connectivity index (χ1v) is 5.45. The van der Waals surface area contributed by atoms with Crippen molar-refractivity contribution in [2.75, 3.05) is 13.9 Å². The average molecular weight is 267 g/mol. The maximum absolute atomic E-state index is 11.3. The lowest BCUT2D eigenvalue weighted by molar-refractivity contribution is 0.165. The van der Waals surface area contributed by atoms with Crippen LogP contribution in [0.1, 0.15) is 5.56 Å². The minimum absolute atomic E-state index is 0.204. The Balaban J connectivity index is 1.79. The summed E-state index contributed by atoms with van der Waals surface area (Å²) in [6.45, 7) is 0.487. The van der Waals surface area contributed by atoms with Gasteiger partial charge in [-0.25, -0.2) is 20.4 Å². The Hall–Kier alpha value is -2.64. The molecule has 8 heteroatoms. The summed E-state index contributed by atoms with van der Waals surface area (Å²) in [5, 5.41) is 2.55. The van der Waals surface area contributed by atoms with Gasteiger partial charge in [-0.1, -0.05) is 6.07 Å². The fourth-order valence-corrected chi connectivity index (χ4v) is 1.44. The predicted octanol–water partition coefficient (Wildman–Crippen LogP) is 0.485. The molecule has 19 heavy (non-hydrogen) atoms. The first kappa shape index (κ1) is 12.8. The van der Waals surface area contributed by atoms with Gasteiger partial charge in [0.2, 0.25) is 6.79 Å². The van der Waals surface area contributed by atoms with Gasteiger partial charge in [0.05, 0.1) is 7.11 Å². The van der Waals surface area contributed by atoms with E-state index in [0.717, 1.165) is 5.56 Å². The van der Waals surface area contributed by atoms with E-state index < -0.39 is 12.1 Å². The molecule has 0 spiro atoms. The van der Waals surface area contributed by atoms with E-state index in [0.29, 0.717) is 11.5 Å². The van der Waals surface area contributed by atoms with Crippen molar-refractivity contribution < 1.29 is 23.8 Å². The number of benzene rings is 1. The van der Waals surface area contributed by atoms with E-state index in [4.69, 9.17) is 9.47 Å². The quantitative estimate of drug-likeness (QED) is 0.677. The number of amides is 3. The molecule has 0 bridgehead atoms. The number of fused-ring (bicyclic) bond motifs is 1. The Bertz CT molecular complexity index is 491. The minimum Gasteiger partial charge on any atom is -0.454 e. The highest BCUT2D eigenvalue weighted by molar-refractivity contribution is 5.77. The lowest BCUT2D eigenvalue weighted by Crippen LogP contribution is -2.46. The van der Waals surface area contributed by atoms with Gasteiger partial charge in [0, 0.05) is 6.54 Å². The van der Waals surface area contributed by atoms with E-state index in [1.165, 1.54) is 7.11 Å². The molecule has 0 unspecified atom stereocenters. The van der Waals surface area contributed by atoms with Crippen LogP contribution < -0.4 is 25.6 Å². The van der Waals surface area contributed by atoms with Crippen molar-refractivity contribution >= 4 is 12.1 Å². The molecule has 2 rings (SSSR count). The largest absolute Gasteiger partial charge is 0.454 e. The highest BCUT2D eigenvalue weighted by Gasteiger charge is 2.13. The summed E-state index contributed by atoms with van der Waals surface area (Å²) >= 11 is 0. The van der Waals surface area contributed by atoms with Crippen molar-refractivity contribution in [3.05, 3.63) is 23.8 Å². The Morgan fingerprint density at radius 3 is 2.84 bits per heavy atom. The number of hydrazine groups is 1. The molecule has 0 saturated heterocycles. The molecule has 0 atom stereocenters. The molecular weight excluding hydrogens is 254 g/mol. The molecule has 1 aromatic carbocycles. The van der Waals surface area contributed by atoms with Gasteiger partial charge >= 0.3 is 12.1 Å². The van der Waals surface area contributed by atoms with Crippen LogP contribution >= 0.6 is 0 Å². The topological polar surface area (TPSA) is 97.9 Å². The molecule has 0 aliphatic carbocycles. The first-order chi connectivity index (χ1) is 9.19. The van der Waals surface area contributed by atoms with Crippen molar-refractivity contribution in [2.45, 2.75) is 6.54 Å². The molecule has 8 nitrogen and oxygen atoms in total. The number of hydrogen-bond donors (Lipinski definition) is 3. The fraction of sp³-hybridized carbons (Fsp3) is 0.273. The summed E-state index contributed by atoms with van der Waals surface area (Å²) in [4.78, 5) is 22.0. The Morgan fingerprint density at radius 1 is 1.26 bits per heavy atom. The number of methoxy groups -OCH3 is 1. The zero-order valence-corrected chi connectivity index (χ0v) is 10.2. The molecule has 1 aromatic rings. The van der Waals surface area contributed by atoms with E-state index in [2.05, 4.69) is 15.5 Å². The maximum atomic E-state index is 11.3. The molecule has 1 heterocycles. The zero-order valence-electron chi connectivity index (χ0n) is 10.2. The summed E-state index contributed by atoms with van der Waals surface area (Å²) in [7, 11) is 1.20. The molecule has 3 amide bonds. The smallest absolute Gasteiger partial charge is 0.425 e. The van der Waals surface area contributed by atoms with E-state index >= 15 is 0 Å². The number of urea groups is 1. The zero-order chi connectivity index (χ0) is 13.7. The normalized spacial score (nSPS) is 11.6. The molecule has 0 saturated carbocycles. The Labute approximate surface area is 109 Å². The monoisotopic (exact) mass is 267 g/mol.